The fourth-order valence-electron chi connectivity index (χ4n) is 3.24. The number of benzene rings is 3. The van der Waals surface area contributed by atoms with Gasteiger partial charge in [0, 0.05) is 29.2 Å². The van der Waals surface area contributed by atoms with Crippen LogP contribution in [0.1, 0.15) is 16.8 Å². The number of amides is 1. The van der Waals surface area contributed by atoms with Gasteiger partial charge in [-0.3, -0.25) is 9.10 Å². The van der Waals surface area contributed by atoms with Crippen molar-refractivity contribution in [3.05, 3.63) is 84.4 Å². The van der Waals surface area contributed by atoms with Gasteiger partial charge >= 0.3 is 0 Å². The van der Waals surface area contributed by atoms with Crippen LogP contribution in [0, 0.1) is 0 Å². The first-order chi connectivity index (χ1) is 14.0. The van der Waals surface area contributed by atoms with Gasteiger partial charge in [0.15, 0.2) is 0 Å². The highest BCUT2D eigenvalue weighted by Gasteiger charge is 2.28. The first-order valence-electron chi connectivity index (χ1n) is 9.35. The van der Waals surface area contributed by atoms with Gasteiger partial charge in [0.25, 0.3) is 5.91 Å². The molecular weight excluding hydrogens is 386 g/mol. The van der Waals surface area contributed by atoms with Crippen LogP contribution in [0.5, 0.6) is 0 Å². The third-order valence-electron chi connectivity index (χ3n) is 4.72. The Morgan fingerprint density at radius 3 is 2.03 bits per heavy atom. The summed E-state index contributed by atoms with van der Waals surface area (Å²) in [5, 5.41) is 6.15. The standard InChI is InChI=1S/C22H21N3O3S/c26-22(17-7-13-21(14-8-17)25-15-4-16-29(25,27)28)24-20-11-9-19(10-12-20)23-18-5-2-1-3-6-18/h1-3,5-14,23H,4,15-16H2,(H,24,26). The molecule has 0 unspecified atom stereocenters. The van der Waals surface area contributed by atoms with E-state index >= 15 is 0 Å². The van der Waals surface area contributed by atoms with Crippen molar-refractivity contribution >= 4 is 38.7 Å². The van der Waals surface area contributed by atoms with Gasteiger partial charge in [-0.1, -0.05) is 18.2 Å². The molecule has 1 amide bonds. The Morgan fingerprint density at radius 1 is 0.793 bits per heavy atom. The molecule has 1 aliphatic rings. The maximum Gasteiger partial charge on any atom is 0.255 e. The van der Waals surface area contributed by atoms with Crippen molar-refractivity contribution in [2.45, 2.75) is 6.42 Å². The minimum Gasteiger partial charge on any atom is -0.356 e. The van der Waals surface area contributed by atoms with Crippen molar-refractivity contribution in [2.24, 2.45) is 0 Å². The third-order valence-corrected chi connectivity index (χ3v) is 6.59. The Morgan fingerprint density at radius 2 is 1.41 bits per heavy atom. The summed E-state index contributed by atoms with van der Waals surface area (Å²) in [5.74, 6) is -0.0747. The van der Waals surface area contributed by atoms with Crippen molar-refractivity contribution in [3.8, 4) is 0 Å². The fourth-order valence-corrected chi connectivity index (χ4v) is 4.80. The highest BCUT2D eigenvalue weighted by molar-refractivity contribution is 7.93. The third kappa shape index (κ3) is 4.41. The molecule has 7 heteroatoms. The number of nitrogens with one attached hydrogen (secondary N) is 2. The molecule has 148 valence electrons. The van der Waals surface area contributed by atoms with Gasteiger partial charge in [0.1, 0.15) is 0 Å². The van der Waals surface area contributed by atoms with Crippen LogP contribution in [0.4, 0.5) is 22.7 Å². The van der Waals surface area contributed by atoms with Gasteiger partial charge in [-0.05, 0) is 67.1 Å². The molecule has 29 heavy (non-hydrogen) atoms. The molecule has 2 N–H and O–H groups in total. The second kappa shape index (κ2) is 7.97. The van der Waals surface area contributed by atoms with E-state index in [1.807, 2.05) is 54.6 Å². The normalized spacial score (nSPS) is 15.1. The van der Waals surface area contributed by atoms with Gasteiger partial charge in [-0.15, -0.1) is 0 Å². The van der Waals surface area contributed by atoms with Crippen LogP contribution in [0.2, 0.25) is 0 Å². The summed E-state index contributed by atoms with van der Waals surface area (Å²) >= 11 is 0. The zero-order chi connectivity index (χ0) is 20.3. The quantitative estimate of drug-likeness (QED) is 0.664. The van der Waals surface area contributed by atoms with Crippen LogP contribution >= 0.6 is 0 Å². The van der Waals surface area contributed by atoms with Crippen molar-refractivity contribution in [3.63, 3.8) is 0 Å². The topological polar surface area (TPSA) is 78.5 Å². The lowest BCUT2D eigenvalue weighted by Gasteiger charge is -2.17. The first-order valence-corrected chi connectivity index (χ1v) is 11.0. The zero-order valence-electron chi connectivity index (χ0n) is 15.7. The number of para-hydroxylation sites is 1. The summed E-state index contributed by atoms with van der Waals surface area (Å²) in [6.07, 6.45) is 0.625. The summed E-state index contributed by atoms with van der Waals surface area (Å²) in [6.45, 7) is 0.483. The molecule has 6 nitrogen and oxygen atoms in total. The monoisotopic (exact) mass is 407 g/mol. The summed E-state index contributed by atoms with van der Waals surface area (Å²) in [5.41, 5.74) is 3.65. The van der Waals surface area contributed by atoms with E-state index in [4.69, 9.17) is 0 Å². The summed E-state index contributed by atoms with van der Waals surface area (Å²) < 4.78 is 25.4. The molecule has 0 aliphatic carbocycles. The number of rotatable bonds is 5. The van der Waals surface area contributed by atoms with E-state index in [0.29, 0.717) is 29.9 Å². The fraction of sp³-hybridized carbons (Fsp3) is 0.136. The molecule has 1 heterocycles. The van der Waals surface area contributed by atoms with Crippen molar-refractivity contribution in [1.29, 1.82) is 0 Å². The molecule has 0 atom stereocenters. The first kappa shape index (κ1) is 19.0. The van der Waals surface area contributed by atoms with Crippen molar-refractivity contribution in [2.75, 3.05) is 27.2 Å². The van der Waals surface area contributed by atoms with E-state index < -0.39 is 10.0 Å². The molecule has 0 bridgehead atoms. The lowest BCUT2D eigenvalue weighted by molar-refractivity contribution is 0.102. The van der Waals surface area contributed by atoms with Crippen LogP contribution in [-0.2, 0) is 10.0 Å². The molecule has 0 aromatic heterocycles. The Kier molecular flexibility index (Phi) is 5.22. The van der Waals surface area contributed by atoms with Gasteiger partial charge in [-0.25, -0.2) is 8.42 Å². The average molecular weight is 407 g/mol. The smallest absolute Gasteiger partial charge is 0.255 e. The Hall–Kier alpha value is -3.32. The van der Waals surface area contributed by atoms with Crippen LogP contribution in [0.15, 0.2) is 78.9 Å². The zero-order valence-corrected chi connectivity index (χ0v) is 16.5. The second-order valence-electron chi connectivity index (χ2n) is 6.81. The van der Waals surface area contributed by atoms with E-state index in [1.165, 1.54) is 4.31 Å². The van der Waals surface area contributed by atoms with Gasteiger partial charge in [-0.2, -0.15) is 0 Å². The van der Waals surface area contributed by atoms with Crippen molar-refractivity contribution < 1.29 is 13.2 Å². The predicted octanol–water partition coefficient (Wildman–Crippen LogP) is 4.22. The lowest BCUT2D eigenvalue weighted by Crippen LogP contribution is -2.25. The largest absolute Gasteiger partial charge is 0.356 e. The predicted molar refractivity (Wildman–Crippen MR) is 116 cm³/mol. The second-order valence-corrected chi connectivity index (χ2v) is 8.82. The van der Waals surface area contributed by atoms with Gasteiger partial charge < -0.3 is 10.6 Å². The highest BCUT2D eigenvalue weighted by atomic mass is 32.2. The molecule has 4 rings (SSSR count). The molecule has 1 saturated heterocycles. The Labute approximate surface area is 170 Å². The summed E-state index contributed by atoms with van der Waals surface area (Å²) in [7, 11) is -3.22. The maximum absolute atomic E-state index is 12.5. The van der Waals surface area contributed by atoms with E-state index in [0.717, 1.165) is 11.4 Å². The number of sulfonamides is 1. The Bertz CT molecular complexity index is 1100. The Balaban J connectivity index is 1.40. The summed E-state index contributed by atoms with van der Waals surface area (Å²) in [6, 6.07) is 23.9. The average Bonchev–Trinajstić information content (AvgIpc) is 3.09. The van der Waals surface area contributed by atoms with Gasteiger partial charge in [0.2, 0.25) is 10.0 Å². The van der Waals surface area contributed by atoms with E-state index in [2.05, 4.69) is 10.6 Å². The highest BCUT2D eigenvalue weighted by Crippen LogP contribution is 2.24. The molecule has 1 fully saturated rings. The minimum absolute atomic E-state index is 0.171. The van der Waals surface area contributed by atoms with Gasteiger partial charge in [0.05, 0.1) is 11.4 Å². The molecule has 1 aliphatic heterocycles. The number of carbonyl (C=O) groups excluding carboxylic acids is 1. The number of carbonyl (C=O) groups is 1. The van der Waals surface area contributed by atoms with Crippen LogP contribution in [-0.4, -0.2) is 26.6 Å². The molecule has 0 spiro atoms. The SMILES string of the molecule is O=C(Nc1ccc(Nc2ccccc2)cc1)c1ccc(N2CCCS2(=O)=O)cc1. The van der Waals surface area contributed by atoms with E-state index in [-0.39, 0.29) is 11.7 Å². The summed E-state index contributed by atoms with van der Waals surface area (Å²) in [4.78, 5) is 12.5. The minimum atomic E-state index is -3.22. The van der Waals surface area contributed by atoms with E-state index in [1.54, 1.807) is 24.3 Å². The van der Waals surface area contributed by atoms with Crippen molar-refractivity contribution in [1.82, 2.24) is 0 Å². The van der Waals surface area contributed by atoms with E-state index in [9.17, 15) is 13.2 Å². The molecular formula is C22H21N3O3S. The lowest BCUT2D eigenvalue weighted by atomic mass is 10.2. The molecule has 3 aromatic carbocycles. The molecule has 3 aromatic rings. The number of hydrogen-bond donors (Lipinski definition) is 2. The van der Waals surface area contributed by atoms with Crippen LogP contribution < -0.4 is 14.9 Å². The number of nitrogens with zero attached hydrogens (tertiary/aromatic N) is 1. The van der Waals surface area contributed by atoms with Crippen LogP contribution in [0.25, 0.3) is 0 Å². The molecule has 0 saturated carbocycles. The molecule has 0 radical (unpaired) electrons. The number of hydrogen-bond acceptors (Lipinski definition) is 4. The van der Waals surface area contributed by atoms with Crippen LogP contribution in [0.3, 0.4) is 0 Å². The number of anilines is 4. The maximum atomic E-state index is 12.5.